The number of hydrogen-bond donors (Lipinski definition) is 1. The molecule has 3 aliphatic rings. The lowest BCUT2D eigenvalue weighted by Gasteiger charge is -2.32. The minimum Gasteiger partial charge on any atom is -0.475 e. The summed E-state index contributed by atoms with van der Waals surface area (Å²) in [5.74, 6) is -1.06. The average Bonchev–Trinajstić information content (AvgIpc) is 3.72. The number of ether oxygens (including phenoxy) is 3. The zero-order valence-corrected chi connectivity index (χ0v) is 30.1. The van der Waals surface area contributed by atoms with E-state index >= 15 is 8.78 Å². The standard InChI is InChI=1S/C37H40F3N9O4/c1-20(23-8-6-12-41-31(23)45-35(50)53-36(2,3)4)49-14-15-51-33-26-29(27(40)28(43-33)25-24(39)10-9-21-17-42-47(5)30(21)25)44-34(46-32(26)49)52-19-37-11-7-13-48(37)18-22(38)16-37/h6,8-10,12,17,20,22H,7,11,13-16,18-19H2,1-5H3,(H,41,45,50)/t20-,22-,37+/m1/s1. The Morgan fingerprint density at radius 2 is 2.00 bits per heavy atom. The van der Waals surface area contributed by atoms with Crippen LogP contribution in [0.5, 0.6) is 11.9 Å². The second-order valence-corrected chi connectivity index (χ2v) is 14.9. The fraction of sp³-hybridized carbons (Fsp3) is 0.459. The number of alkyl halides is 1. The summed E-state index contributed by atoms with van der Waals surface area (Å²) in [6.45, 7) is 8.72. The third kappa shape index (κ3) is 6.21. The molecule has 5 aromatic rings. The predicted octanol–water partition coefficient (Wildman–Crippen LogP) is 6.51. The van der Waals surface area contributed by atoms with Gasteiger partial charge in [-0.1, -0.05) is 6.07 Å². The number of anilines is 2. The Kier molecular flexibility index (Phi) is 8.54. The maximum absolute atomic E-state index is 17.1. The van der Waals surface area contributed by atoms with Crippen LogP contribution in [0, 0.1) is 11.6 Å². The minimum atomic E-state index is -0.976. The highest BCUT2D eigenvalue weighted by molar-refractivity contribution is 6.00. The first-order valence-corrected chi connectivity index (χ1v) is 17.7. The molecule has 3 aliphatic heterocycles. The first-order chi connectivity index (χ1) is 25.3. The zero-order chi connectivity index (χ0) is 37.2. The van der Waals surface area contributed by atoms with E-state index in [4.69, 9.17) is 19.2 Å². The van der Waals surface area contributed by atoms with Gasteiger partial charge in [0.2, 0.25) is 5.88 Å². The van der Waals surface area contributed by atoms with Gasteiger partial charge in [-0.25, -0.2) is 27.9 Å². The molecule has 0 bridgehead atoms. The normalized spacial score (nSPS) is 20.7. The van der Waals surface area contributed by atoms with Crippen molar-refractivity contribution in [1.29, 1.82) is 0 Å². The molecule has 7 heterocycles. The average molecular weight is 732 g/mol. The first-order valence-electron chi connectivity index (χ1n) is 17.7. The van der Waals surface area contributed by atoms with Gasteiger partial charge in [0, 0.05) is 37.2 Å². The van der Waals surface area contributed by atoms with E-state index in [0.29, 0.717) is 29.4 Å². The van der Waals surface area contributed by atoms with Crippen LogP contribution >= 0.6 is 0 Å². The first kappa shape index (κ1) is 34.8. The van der Waals surface area contributed by atoms with Gasteiger partial charge in [-0.3, -0.25) is 14.9 Å². The lowest BCUT2D eigenvalue weighted by atomic mass is 9.95. The van der Waals surface area contributed by atoms with Crippen molar-refractivity contribution >= 4 is 39.5 Å². The van der Waals surface area contributed by atoms with E-state index in [1.54, 1.807) is 52.3 Å². The monoisotopic (exact) mass is 731 g/mol. The summed E-state index contributed by atoms with van der Waals surface area (Å²) < 4.78 is 66.9. The van der Waals surface area contributed by atoms with Gasteiger partial charge in [-0.15, -0.1) is 0 Å². The van der Waals surface area contributed by atoms with Crippen molar-refractivity contribution in [3.63, 3.8) is 0 Å². The minimum absolute atomic E-state index is 0.0149. The SMILES string of the molecule is C[C@H](c1cccnc1NC(=O)OC(C)(C)C)N1CCOc2nc(-c3c(F)ccc4cnn(C)c34)c(F)c3nc(OC[C@@]45CCCN4C[C@H](F)C5)nc1c23. The molecule has 0 unspecified atom stereocenters. The zero-order valence-electron chi connectivity index (χ0n) is 30.1. The van der Waals surface area contributed by atoms with Gasteiger partial charge in [0.1, 0.15) is 59.0 Å². The number of fused-ring (bicyclic) bond motifs is 2. The smallest absolute Gasteiger partial charge is 0.413 e. The van der Waals surface area contributed by atoms with Crippen LogP contribution in [0.25, 0.3) is 33.1 Å². The lowest BCUT2D eigenvalue weighted by Crippen LogP contribution is -2.43. The van der Waals surface area contributed by atoms with Crippen molar-refractivity contribution in [3.8, 4) is 23.1 Å². The Balaban J connectivity index is 1.27. The van der Waals surface area contributed by atoms with Gasteiger partial charge in [-0.2, -0.15) is 15.1 Å². The molecule has 16 heteroatoms. The quantitative estimate of drug-likeness (QED) is 0.196. The molecule has 278 valence electrons. The molecule has 0 saturated carbocycles. The summed E-state index contributed by atoms with van der Waals surface area (Å²) in [4.78, 5) is 35.2. The third-order valence-electron chi connectivity index (χ3n) is 10.3. The molecule has 1 aromatic carbocycles. The highest BCUT2D eigenvalue weighted by Gasteiger charge is 2.49. The lowest BCUT2D eigenvalue weighted by molar-refractivity contribution is 0.0635. The van der Waals surface area contributed by atoms with Crippen molar-refractivity contribution in [1.82, 2.24) is 34.6 Å². The van der Waals surface area contributed by atoms with Crippen LogP contribution in [0.2, 0.25) is 0 Å². The summed E-state index contributed by atoms with van der Waals surface area (Å²) in [6.07, 6.45) is 3.44. The van der Waals surface area contributed by atoms with Gasteiger partial charge < -0.3 is 19.1 Å². The number of aromatic nitrogens is 6. The number of carbonyl (C=O) groups is 1. The van der Waals surface area contributed by atoms with Crippen LogP contribution in [0.15, 0.2) is 36.7 Å². The molecular formula is C37H40F3N9O4. The maximum Gasteiger partial charge on any atom is 0.413 e. The van der Waals surface area contributed by atoms with Crippen LogP contribution in [-0.4, -0.2) is 90.9 Å². The summed E-state index contributed by atoms with van der Waals surface area (Å²) in [5, 5.41) is 7.77. The van der Waals surface area contributed by atoms with E-state index in [1.807, 2.05) is 17.9 Å². The van der Waals surface area contributed by atoms with Crippen molar-refractivity contribution < 1.29 is 32.2 Å². The van der Waals surface area contributed by atoms with Gasteiger partial charge in [0.25, 0.3) is 0 Å². The second kappa shape index (κ2) is 13.0. The molecule has 8 rings (SSSR count). The summed E-state index contributed by atoms with van der Waals surface area (Å²) in [5.41, 5.74) is -0.869. The number of rotatable bonds is 7. The van der Waals surface area contributed by atoms with Gasteiger partial charge in [-0.05, 0) is 65.3 Å². The number of benzene rings is 1. The second-order valence-electron chi connectivity index (χ2n) is 14.9. The van der Waals surface area contributed by atoms with E-state index < -0.39 is 41.1 Å². The number of halogens is 3. The fourth-order valence-electron chi connectivity index (χ4n) is 7.91. The Hall–Kier alpha value is -5.25. The highest BCUT2D eigenvalue weighted by atomic mass is 19.1. The molecule has 4 aromatic heterocycles. The molecule has 2 saturated heterocycles. The van der Waals surface area contributed by atoms with Crippen LogP contribution in [0.3, 0.4) is 0 Å². The Morgan fingerprint density at radius 1 is 1.17 bits per heavy atom. The maximum atomic E-state index is 17.1. The number of nitrogens with one attached hydrogen (secondary N) is 1. The molecule has 13 nitrogen and oxygen atoms in total. The largest absolute Gasteiger partial charge is 0.475 e. The molecule has 0 spiro atoms. The summed E-state index contributed by atoms with van der Waals surface area (Å²) >= 11 is 0. The number of hydrogen-bond acceptors (Lipinski definition) is 11. The van der Waals surface area contributed by atoms with E-state index in [0.717, 1.165) is 19.4 Å². The van der Waals surface area contributed by atoms with Crippen LogP contribution in [0.4, 0.5) is 29.6 Å². The molecule has 0 radical (unpaired) electrons. The third-order valence-corrected chi connectivity index (χ3v) is 10.3. The number of pyridine rings is 2. The molecule has 1 amide bonds. The van der Waals surface area contributed by atoms with Gasteiger partial charge in [0.15, 0.2) is 5.82 Å². The molecule has 0 aliphatic carbocycles. The Bertz CT molecular complexity index is 2250. The van der Waals surface area contributed by atoms with E-state index in [9.17, 15) is 9.18 Å². The predicted molar refractivity (Wildman–Crippen MR) is 191 cm³/mol. The number of nitrogens with zero attached hydrogens (tertiary/aromatic N) is 8. The summed E-state index contributed by atoms with van der Waals surface area (Å²) in [7, 11) is 1.64. The van der Waals surface area contributed by atoms with E-state index in [1.165, 1.54) is 10.7 Å². The van der Waals surface area contributed by atoms with Crippen LogP contribution in [0.1, 0.15) is 58.6 Å². The van der Waals surface area contributed by atoms with Crippen molar-refractivity contribution in [2.24, 2.45) is 7.05 Å². The summed E-state index contributed by atoms with van der Waals surface area (Å²) in [6, 6.07) is 5.71. The van der Waals surface area contributed by atoms with Crippen molar-refractivity contribution in [2.45, 2.75) is 70.3 Å². The van der Waals surface area contributed by atoms with Gasteiger partial charge >= 0.3 is 12.1 Å². The Labute approximate surface area is 303 Å². The van der Waals surface area contributed by atoms with E-state index in [2.05, 4.69) is 30.3 Å². The molecule has 1 N–H and O–H groups in total. The fourth-order valence-corrected chi connectivity index (χ4v) is 7.91. The number of carbonyl (C=O) groups excluding carboxylic acids is 1. The Morgan fingerprint density at radius 3 is 2.81 bits per heavy atom. The van der Waals surface area contributed by atoms with Crippen LogP contribution in [-0.2, 0) is 11.8 Å². The van der Waals surface area contributed by atoms with Crippen molar-refractivity contribution in [2.75, 3.05) is 43.1 Å². The number of aryl methyl sites for hydroxylation is 1. The van der Waals surface area contributed by atoms with E-state index in [-0.39, 0.29) is 65.4 Å². The molecular weight excluding hydrogens is 691 g/mol. The molecule has 2 fully saturated rings. The molecule has 3 atom stereocenters. The van der Waals surface area contributed by atoms with Crippen molar-refractivity contribution in [3.05, 3.63) is 53.9 Å². The van der Waals surface area contributed by atoms with Crippen LogP contribution < -0.4 is 19.7 Å². The number of amides is 1. The topological polar surface area (TPSA) is 133 Å². The van der Waals surface area contributed by atoms with Gasteiger partial charge in [0.05, 0.1) is 35.4 Å². The highest BCUT2D eigenvalue weighted by Crippen LogP contribution is 2.45. The molecule has 53 heavy (non-hydrogen) atoms.